The first-order chi connectivity index (χ1) is 12.7. The summed E-state index contributed by atoms with van der Waals surface area (Å²) in [5, 5.41) is 12.6. The molecule has 1 saturated carbocycles. The summed E-state index contributed by atoms with van der Waals surface area (Å²) in [6.45, 7) is 2.83. The van der Waals surface area contributed by atoms with Gasteiger partial charge >= 0.3 is 0 Å². The molecule has 6 heteroatoms. The Labute approximate surface area is 156 Å². The highest BCUT2D eigenvalue weighted by atomic mass is 32.2. The second kappa shape index (κ2) is 6.96. The molecule has 0 spiro atoms. The number of carbonyl (C=O) groups is 1. The van der Waals surface area contributed by atoms with Crippen molar-refractivity contribution in [2.45, 2.75) is 36.2 Å². The van der Waals surface area contributed by atoms with Gasteiger partial charge in [-0.15, -0.1) is 10.2 Å². The first-order valence-electron chi connectivity index (χ1n) is 8.76. The van der Waals surface area contributed by atoms with E-state index in [1.807, 2.05) is 60.7 Å². The number of hydrogen-bond donors (Lipinski definition) is 1. The fourth-order valence-electron chi connectivity index (χ4n) is 2.88. The Balaban J connectivity index is 1.55. The molecule has 1 fully saturated rings. The molecule has 0 atom stereocenters. The van der Waals surface area contributed by atoms with Gasteiger partial charge < -0.3 is 9.88 Å². The fraction of sp³-hybridized carbons (Fsp3) is 0.250. The normalized spacial score (nSPS) is 14.8. The lowest BCUT2D eigenvalue weighted by molar-refractivity contribution is -0.116. The maximum absolute atomic E-state index is 12.8. The molecule has 4 rings (SSSR count). The number of rotatable bonds is 6. The Bertz CT molecular complexity index is 904. The van der Waals surface area contributed by atoms with E-state index in [9.17, 15) is 4.79 Å². The zero-order valence-electron chi connectivity index (χ0n) is 14.6. The Morgan fingerprint density at radius 1 is 1.08 bits per heavy atom. The van der Waals surface area contributed by atoms with Gasteiger partial charge in [0.1, 0.15) is 4.75 Å². The monoisotopic (exact) mass is 364 g/mol. The van der Waals surface area contributed by atoms with Gasteiger partial charge in [0.15, 0.2) is 11.0 Å². The zero-order valence-corrected chi connectivity index (χ0v) is 15.4. The van der Waals surface area contributed by atoms with Crippen LogP contribution < -0.4 is 5.32 Å². The van der Waals surface area contributed by atoms with Crippen molar-refractivity contribution in [2.24, 2.45) is 0 Å². The number of nitrogens with zero attached hydrogens (tertiary/aromatic N) is 3. The Kier molecular flexibility index (Phi) is 4.51. The Morgan fingerprint density at radius 2 is 1.73 bits per heavy atom. The van der Waals surface area contributed by atoms with Crippen molar-refractivity contribution in [3.8, 4) is 11.4 Å². The van der Waals surface area contributed by atoms with Crippen LogP contribution in [0.3, 0.4) is 0 Å². The minimum atomic E-state index is -0.441. The number of thioether (sulfide) groups is 1. The maximum atomic E-state index is 12.8. The molecule has 0 saturated heterocycles. The standard InChI is InChI=1S/C20H20N4OS/c1-2-24-17(15-9-5-3-6-10-15)22-23-19(24)26-20(13-14-20)18(25)21-16-11-7-4-8-12-16/h3-12H,2,13-14H2,1H3,(H,21,25). The van der Waals surface area contributed by atoms with E-state index in [1.54, 1.807) is 0 Å². The van der Waals surface area contributed by atoms with Crippen LogP contribution in [0.2, 0.25) is 0 Å². The summed E-state index contributed by atoms with van der Waals surface area (Å²) < 4.78 is 1.64. The van der Waals surface area contributed by atoms with Crippen molar-refractivity contribution in [3.05, 3.63) is 60.7 Å². The fourth-order valence-corrected chi connectivity index (χ4v) is 4.09. The number of amides is 1. The van der Waals surface area contributed by atoms with E-state index in [0.29, 0.717) is 0 Å². The number of aromatic nitrogens is 3. The van der Waals surface area contributed by atoms with Gasteiger partial charge in [-0.3, -0.25) is 4.79 Å². The van der Waals surface area contributed by atoms with E-state index in [-0.39, 0.29) is 5.91 Å². The molecule has 1 amide bonds. The molecule has 26 heavy (non-hydrogen) atoms. The summed E-state index contributed by atoms with van der Waals surface area (Å²) in [5.41, 5.74) is 1.86. The highest BCUT2D eigenvalue weighted by molar-refractivity contribution is 8.01. The largest absolute Gasteiger partial charge is 0.325 e. The van der Waals surface area contributed by atoms with Crippen molar-refractivity contribution in [2.75, 3.05) is 5.32 Å². The summed E-state index contributed by atoms with van der Waals surface area (Å²) >= 11 is 1.53. The third kappa shape index (κ3) is 3.24. The Morgan fingerprint density at radius 3 is 2.35 bits per heavy atom. The molecule has 3 aromatic rings. The molecule has 132 valence electrons. The van der Waals surface area contributed by atoms with Gasteiger partial charge in [0.25, 0.3) is 0 Å². The van der Waals surface area contributed by atoms with E-state index in [1.165, 1.54) is 11.8 Å². The molecule has 0 radical (unpaired) electrons. The zero-order chi connectivity index (χ0) is 18.0. The van der Waals surface area contributed by atoms with E-state index in [4.69, 9.17) is 0 Å². The predicted molar refractivity (Wildman–Crippen MR) is 104 cm³/mol. The molecule has 0 aliphatic heterocycles. The molecule has 0 bridgehead atoms. The minimum Gasteiger partial charge on any atom is -0.325 e. The molecular formula is C20H20N4OS. The van der Waals surface area contributed by atoms with Gasteiger partial charge in [0, 0.05) is 17.8 Å². The molecule has 0 unspecified atom stereocenters. The van der Waals surface area contributed by atoms with Crippen LogP contribution in [0.5, 0.6) is 0 Å². The van der Waals surface area contributed by atoms with E-state index in [2.05, 4.69) is 27.0 Å². The van der Waals surface area contributed by atoms with Gasteiger partial charge in [-0.05, 0) is 31.9 Å². The molecular weight excluding hydrogens is 344 g/mol. The summed E-state index contributed by atoms with van der Waals surface area (Å²) in [6.07, 6.45) is 1.71. The topological polar surface area (TPSA) is 59.8 Å². The summed E-state index contributed by atoms with van der Waals surface area (Å²) in [6, 6.07) is 19.6. The third-order valence-electron chi connectivity index (χ3n) is 4.50. The van der Waals surface area contributed by atoms with Crippen molar-refractivity contribution >= 4 is 23.4 Å². The molecule has 1 heterocycles. The van der Waals surface area contributed by atoms with Gasteiger partial charge in [-0.25, -0.2) is 0 Å². The highest BCUT2D eigenvalue weighted by Gasteiger charge is 2.52. The number of carbonyl (C=O) groups excluding carboxylic acids is 1. The van der Waals surface area contributed by atoms with E-state index in [0.717, 1.165) is 41.6 Å². The van der Waals surface area contributed by atoms with Crippen LogP contribution in [0.4, 0.5) is 5.69 Å². The van der Waals surface area contributed by atoms with Crippen molar-refractivity contribution < 1.29 is 4.79 Å². The van der Waals surface area contributed by atoms with Gasteiger partial charge in [0.2, 0.25) is 5.91 Å². The smallest absolute Gasteiger partial charge is 0.241 e. The Hall–Kier alpha value is -2.60. The lowest BCUT2D eigenvalue weighted by Gasteiger charge is -2.15. The van der Waals surface area contributed by atoms with E-state index >= 15 is 0 Å². The average molecular weight is 364 g/mol. The van der Waals surface area contributed by atoms with E-state index < -0.39 is 4.75 Å². The second-order valence-corrected chi connectivity index (χ2v) is 7.68. The van der Waals surface area contributed by atoms with Crippen LogP contribution >= 0.6 is 11.8 Å². The number of para-hydroxylation sites is 1. The van der Waals surface area contributed by atoms with Crippen LogP contribution in [-0.4, -0.2) is 25.4 Å². The van der Waals surface area contributed by atoms with Crippen molar-refractivity contribution in [1.29, 1.82) is 0 Å². The lowest BCUT2D eigenvalue weighted by Crippen LogP contribution is -2.27. The number of anilines is 1. The third-order valence-corrected chi connectivity index (χ3v) is 5.97. The molecule has 1 aromatic heterocycles. The van der Waals surface area contributed by atoms with Gasteiger partial charge in [-0.1, -0.05) is 60.3 Å². The number of benzene rings is 2. The van der Waals surface area contributed by atoms with Crippen LogP contribution in [0.15, 0.2) is 65.8 Å². The number of hydrogen-bond acceptors (Lipinski definition) is 4. The average Bonchev–Trinajstić information content (AvgIpc) is 3.36. The molecule has 1 aliphatic rings. The predicted octanol–water partition coefficient (Wildman–Crippen LogP) is 4.23. The van der Waals surface area contributed by atoms with Crippen LogP contribution in [0.25, 0.3) is 11.4 Å². The number of nitrogens with one attached hydrogen (secondary N) is 1. The first-order valence-corrected chi connectivity index (χ1v) is 9.58. The van der Waals surface area contributed by atoms with Crippen LogP contribution in [-0.2, 0) is 11.3 Å². The maximum Gasteiger partial charge on any atom is 0.241 e. The van der Waals surface area contributed by atoms with Gasteiger partial charge in [-0.2, -0.15) is 0 Å². The second-order valence-electron chi connectivity index (χ2n) is 6.33. The van der Waals surface area contributed by atoms with Crippen LogP contribution in [0.1, 0.15) is 19.8 Å². The molecule has 2 aromatic carbocycles. The first kappa shape index (κ1) is 16.8. The minimum absolute atomic E-state index is 0.0422. The SMILES string of the molecule is CCn1c(SC2(C(=O)Nc3ccccc3)CC2)nnc1-c1ccccc1. The summed E-state index contributed by atoms with van der Waals surface area (Å²) in [5.74, 6) is 0.885. The highest BCUT2D eigenvalue weighted by Crippen LogP contribution is 2.52. The van der Waals surface area contributed by atoms with Crippen molar-refractivity contribution in [1.82, 2.24) is 14.8 Å². The summed E-state index contributed by atoms with van der Waals surface area (Å²) in [7, 11) is 0. The quantitative estimate of drug-likeness (QED) is 0.711. The summed E-state index contributed by atoms with van der Waals surface area (Å²) in [4.78, 5) is 12.8. The van der Waals surface area contributed by atoms with Gasteiger partial charge in [0.05, 0.1) is 0 Å². The molecule has 5 nitrogen and oxygen atoms in total. The molecule has 1 aliphatic carbocycles. The lowest BCUT2D eigenvalue weighted by atomic mass is 10.2. The molecule has 1 N–H and O–H groups in total. The van der Waals surface area contributed by atoms with Crippen LogP contribution in [0, 0.1) is 0 Å². The van der Waals surface area contributed by atoms with Crippen molar-refractivity contribution in [3.63, 3.8) is 0 Å².